The van der Waals surface area contributed by atoms with Crippen LogP contribution in [0.4, 0.5) is 0 Å². The molecule has 12 N–H and O–H groups in total. The minimum absolute atomic E-state index is 0.0287. The van der Waals surface area contributed by atoms with Gasteiger partial charge in [-0.3, -0.25) is 52.5 Å². The highest BCUT2D eigenvalue weighted by Crippen LogP contribution is 2.45. The van der Waals surface area contributed by atoms with E-state index in [0.717, 1.165) is 10.5 Å². The molecule has 2 fully saturated rings. The number of carboxylic acid groups (broad SMARTS) is 1. The van der Waals surface area contributed by atoms with E-state index in [9.17, 15) is 81.6 Å². The number of halogens is 1. The molecule has 0 unspecified atom stereocenters. The Hall–Kier alpha value is -7.69. The number of cyclic esters (lactones) is 1. The van der Waals surface area contributed by atoms with Crippen molar-refractivity contribution in [3.63, 3.8) is 0 Å². The molecule has 3 aliphatic rings. The van der Waals surface area contributed by atoms with Crippen LogP contribution in [0.5, 0.6) is 5.75 Å². The number of ketones is 1. The van der Waals surface area contributed by atoms with E-state index in [1.54, 1.807) is 70.2 Å². The number of nitrogens with one attached hydrogen (secondary N) is 7. The summed E-state index contributed by atoms with van der Waals surface area (Å²) in [6.07, 6.45) is -9.15. The van der Waals surface area contributed by atoms with Crippen LogP contribution < -0.4 is 42.0 Å². The Morgan fingerprint density at radius 3 is 2.10 bits per heavy atom. The Bertz CT molecular complexity index is 3340. The molecule has 31 nitrogen and oxygen atoms in total. The maximum Gasteiger partial charge on any atom is 0.328 e. The number of hydrogen-bond donors (Lipinski definition) is 12. The van der Waals surface area contributed by atoms with Crippen molar-refractivity contribution in [3.8, 4) is 5.75 Å². The van der Waals surface area contributed by atoms with Gasteiger partial charge in [0, 0.05) is 103 Å². The molecule has 0 aromatic heterocycles. The van der Waals surface area contributed by atoms with E-state index in [-0.39, 0.29) is 70.7 Å². The summed E-state index contributed by atoms with van der Waals surface area (Å²) in [4.78, 5) is 149. The molecule has 3 aliphatic heterocycles. The highest BCUT2D eigenvalue weighted by atomic mass is 35.5. The van der Waals surface area contributed by atoms with Crippen LogP contribution >= 0.6 is 11.6 Å². The highest BCUT2D eigenvalue weighted by Gasteiger charge is 2.48. The number of aliphatic hydroxyl groups excluding tert-OH is 3. The van der Waals surface area contributed by atoms with Gasteiger partial charge in [-0.25, -0.2) is 4.79 Å². The number of epoxide rings is 1. The predicted molar refractivity (Wildman–Crippen MR) is 358 cm³/mol. The molecule has 2 saturated heterocycles. The monoisotopic (exact) mass is 1450 g/mol. The number of hydrogen-bond acceptors (Lipinski definition) is 21. The number of amides is 8. The van der Waals surface area contributed by atoms with Gasteiger partial charge < -0.3 is 86.2 Å². The van der Waals surface area contributed by atoms with Gasteiger partial charge in [-0.05, 0) is 73.4 Å². The van der Waals surface area contributed by atoms with Gasteiger partial charge in [0.15, 0.2) is 12.1 Å². The van der Waals surface area contributed by atoms with Gasteiger partial charge in [0.05, 0.1) is 41.9 Å². The Kier molecular flexibility index (Phi) is 32.3. The van der Waals surface area contributed by atoms with Crippen LogP contribution in [0, 0.1) is 29.1 Å². The van der Waals surface area contributed by atoms with Crippen LogP contribution in [0.1, 0.15) is 129 Å². The van der Waals surface area contributed by atoms with E-state index in [1.807, 2.05) is 20.8 Å². The van der Waals surface area contributed by atoms with Crippen molar-refractivity contribution in [1.82, 2.24) is 42.1 Å². The van der Waals surface area contributed by atoms with Crippen LogP contribution in [-0.4, -0.2) is 217 Å². The van der Waals surface area contributed by atoms with Crippen molar-refractivity contribution in [3.05, 3.63) is 76.3 Å². The predicted octanol–water partition coefficient (Wildman–Crippen LogP) is 0.857. The van der Waals surface area contributed by atoms with Gasteiger partial charge in [0.25, 0.3) is 10.1 Å². The minimum Gasteiger partial charge on any atom is -0.495 e. The SMILES string of the molecule is COc1ccc(C[C@H]2NC(=O)/C=C/C[C@@H]([C@H](C)[C@H]3O[C@@H]3c3ccc(CNC(=O)[C@H](CCC(=O)NC[C@H]4O[C@@H](OC)[C@H](O)[C@@H](O)[C@@H]4O)CC(=O)[C@@H](NC(=O)CCN(CCC(=O)O)C(=O)CCC(=O)NCCS(=O)(=O)O)C(C)C)cc3)OC(=O)[C@H](CC(C)C)NC(=O)C(C)(C)CNC2=O)cc1Cl. The fourth-order valence-corrected chi connectivity index (χ4v) is 11.8. The van der Waals surface area contributed by atoms with Crippen molar-refractivity contribution in [2.24, 2.45) is 29.1 Å². The molecule has 0 aliphatic carbocycles. The molecule has 13 atom stereocenters. The molecular formula is C67H97ClN8O23S. The van der Waals surface area contributed by atoms with Crippen molar-refractivity contribution in [1.29, 1.82) is 0 Å². The van der Waals surface area contributed by atoms with E-state index >= 15 is 0 Å². The number of Topliss-reactive ketones (excluding diaryl/α,β-unsaturated/α-hetero) is 1. The maximum absolute atomic E-state index is 14.3. The number of nitrogens with zero attached hydrogens (tertiary/aromatic N) is 1. The number of carbonyl (C=O) groups excluding carboxylic acids is 10. The second kappa shape index (κ2) is 38.9. The molecule has 8 amide bonds. The molecule has 3 heterocycles. The lowest BCUT2D eigenvalue weighted by Gasteiger charge is -2.39. The number of esters is 1. The highest BCUT2D eigenvalue weighted by molar-refractivity contribution is 7.85. The molecule has 0 spiro atoms. The fourth-order valence-electron chi connectivity index (χ4n) is 11.2. The molecule has 0 radical (unpaired) electrons. The number of benzene rings is 2. The van der Waals surface area contributed by atoms with Crippen molar-refractivity contribution < 1.29 is 110 Å². The van der Waals surface area contributed by atoms with E-state index in [2.05, 4.69) is 37.2 Å². The van der Waals surface area contributed by atoms with Crippen LogP contribution in [-0.2, 0) is 94.8 Å². The third kappa shape index (κ3) is 26.7. The molecule has 5 rings (SSSR count). The lowest BCUT2D eigenvalue weighted by Crippen LogP contribution is -2.60. The molecule has 2 aromatic rings. The maximum atomic E-state index is 14.3. The number of methoxy groups -OCH3 is 2. The lowest BCUT2D eigenvalue weighted by molar-refractivity contribution is -0.288. The van der Waals surface area contributed by atoms with Crippen LogP contribution in [0.25, 0.3) is 0 Å². The van der Waals surface area contributed by atoms with Gasteiger partial charge in [0.2, 0.25) is 47.3 Å². The zero-order chi connectivity index (χ0) is 74.3. The first kappa shape index (κ1) is 83.0. The van der Waals surface area contributed by atoms with Gasteiger partial charge in [0.1, 0.15) is 54.5 Å². The van der Waals surface area contributed by atoms with Gasteiger partial charge in [-0.1, -0.05) is 82.6 Å². The summed E-state index contributed by atoms with van der Waals surface area (Å²) in [6, 6.07) is 8.61. The molecular weight excluding hydrogens is 1350 g/mol. The number of aliphatic carboxylic acids is 1. The standard InChI is InChI=1S/C67H97ClN8O23S/c1-36(2)29-45-64(90)97-47(11-10-12-52(80)73-44(31-40-15-19-48(95-8)43(68)30-40)63(89)72-35-67(6,7)66(91)74-45)38(5)60-61(99-60)41-16-13-39(14-17-41)33-71-62(88)42(18-20-51(79)70-34-49-57(85)58(86)59(87)65(96-9)98-49)32-46(77)56(37(3)4)75-53(81)23-26-76(27-24-55(83)84)54(82)22-21-50(78)69-25-28-100(92,93)94/h10,12-17,19,30,36-38,42,44-45,47,49,56-61,65,85-87H,11,18,20-29,31-35H2,1-9H3,(H,69,78)(H,70,79)(H,71,88)(H,72,89)(H,73,80)(H,74,91)(H,75,81)(H,83,84)(H,92,93,94)/b12-10+/t38-,42+,44+,45-,47-,49+,56-,57+,58-,59+,60+,61+,65+/m0/s1. The summed E-state index contributed by atoms with van der Waals surface area (Å²) in [7, 11) is -1.70. The second-order valence-corrected chi connectivity index (χ2v) is 28.6. The van der Waals surface area contributed by atoms with Crippen molar-refractivity contribution in [2.75, 3.05) is 52.7 Å². The number of ether oxygens (including phenoxy) is 5. The normalized spacial score (nSPS) is 24.0. The summed E-state index contributed by atoms with van der Waals surface area (Å²) in [6.45, 7) is 10.4. The topological polar surface area (TPSA) is 460 Å². The van der Waals surface area contributed by atoms with E-state index in [0.29, 0.717) is 21.9 Å². The number of aliphatic hydroxyl groups is 3. The Labute approximate surface area is 586 Å². The van der Waals surface area contributed by atoms with Crippen LogP contribution in [0.2, 0.25) is 5.02 Å². The lowest BCUT2D eigenvalue weighted by atomic mass is 9.89. The average Bonchev–Trinajstić information content (AvgIpc) is 1.63. The second-order valence-electron chi connectivity index (χ2n) is 26.6. The summed E-state index contributed by atoms with van der Waals surface area (Å²) in [5.74, 6) is -10.4. The van der Waals surface area contributed by atoms with Gasteiger partial charge in [-0.2, -0.15) is 8.42 Å². The van der Waals surface area contributed by atoms with Crippen LogP contribution in [0.3, 0.4) is 0 Å². The third-order valence-electron chi connectivity index (χ3n) is 17.3. The molecule has 100 heavy (non-hydrogen) atoms. The van der Waals surface area contributed by atoms with E-state index in [4.69, 9.17) is 39.8 Å². The molecule has 556 valence electrons. The first-order valence-electron chi connectivity index (χ1n) is 33.1. The Morgan fingerprint density at radius 2 is 1.47 bits per heavy atom. The average molecular weight is 1450 g/mol. The van der Waals surface area contributed by atoms with Crippen LogP contribution in [0.15, 0.2) is 54.6 Å². The largest absolute Gasteiger partial charge is 0.495 e. The van der Waals surface area contributed by atoms with Gasteiger partial charge >= 0.3 is 11.9 Å². The molecule has 0 saturated carbocycles. The smallest absolute Gasteiger partial charge is 0.328 e. The quantitative estimate of drug-likeness (QED) is 0.0263. The Morgan fingerprint density at radius 1 is 0.800 bits per heavy atom. The summed E-state index contributed by atoms with van der Waals surface area (Å²) >= 11 is 6.40. The fraction of sp³-hybridized carbons (Fsp3) is 0.627. The first-order chi connectivity index (χ1) is 47.0. The zero-order valence-electron chi connectivity index (χ0n) is 57.7. The van der Waals surface area contributed by atoms with Crippen molar-refractivity contribution >= 4 is 86.7 Å². The number of carboxylic acids is 1. The molecule has 2 aromatic carbocycles. The molecule has 33 heteroatoms. The molecule has 0 bridgehead atoms. The number of carbonyl (C=O) groups is 11. The number of rotatable bonds is 34. The third-order valence-corrected chi connectivity index (χ3v) is 18.3. The first-order valence-corrected chi connectivity index (χ1v) is 35.1. The summed E-state index contributed by atoms with van der Waals surface area (Å²) < 4.78 is 59.2. The Balaban J connectivity index is 1.29. The van der Waals surface area contributed by atoms with Gasteiger partial charge in [-0.15, -0.1) is 0 Å². The minimum atomic E-state index is -4.37. The zero-order valence-corrected chi connectivity index (χ0v) is 59.3. The summed E-state index contributed by atoms with van der Waals surface area (Å²) in [5.41, 5.74) is 0.711. The van der Waals surface area contributed by atoms with E-state index in [1.165, 1.54) is 26.4 Å². The van der Waals surface area contributed by atoms with Crippen molar-refractivity contribution in [2.45, 2.75) is 186 Å². The van der Waals surface area contributed by atoms with E-state index < -0.39 is 210 Å². The summed E-state index contributed by atoms with van der Waals surface area (Å²) in [5, 5.41) is 59.5.